The first-order valence-corrected chi connectivity index (χ1v) is 27.7. The van der Waals surface area contributed by atoms with Crippen LogP contribution < -0.4 is 10.1 Å². The van der Waals surface area contributed by atoms with Crippen molar-refractivity contribution in [3.05, 3.63) is 184 Å². The van der Waals surface area contributed by atoms with Crippen LogP contribution in [-0.2, 0) is 79.7 Å². The maximum Gasteiger partial charge on any atom is 0.424 e. The molecule has 0 fully saturated rings. The summed E-state index contributed by atoms with van der Waals surface area (Å²) in [4.78, 5) is 120. The van der Waals surface area contributed by atoms with E-state index in [1.54, 1.807) is 146 Å². The zero-order valence-electron chi connectivity index (χ0n) is 42.8. The van der Waals surface area contributed by atoms with Gasteiger partial charge in [0, 0.05) is 15.8 Å². The van der Waals surface area contributed by atoms with E-state index in [0.717, 1.165) is 34.0 Å². The third-order valence-electron chi connectivity index (χ3n) is 12.6. The maximum absolute atomic E-state index is 15.3. The van der Waals surface area contributed by atoms with Gasteiger partial charge in [0.25, 0.3) is 17.7 Å². The zero-order chi connectivity index (χ0) is 57.7. The van der Waals surface area contributed by atoms with Crippen molar-refractivity contribution in [1.29, 1.82) is 10.5 Å². The lowest BCUT2D eigenvalue weighted by atomic mass is 9.90. The number of carbonyl (C=O) groups excluding carboxylic acids is 8. The standard InChI is InChI=1S/C59H38N6O13S4/c1-32(38(25-60)52(67)64-57(72)76-30-36-19-11-5-12-20-36)40(27-66)62-43-23-41-48(81-43)45-50(79-41)51-47(78-59(45,55(70)74-28-34-15-7-3-8-16-34)56(71)75-29-35-17-9-4-10-18-35)49-42(80-51)24-44(82-49)63-46-33(2)39(26-61)53(68)65(54(46)69)58(73)77-31-37-21-13-6-14-22-37/h3-24,27H,28-31H2,1-2H3,(H,64,67,72)/b38-32-,62-40?,63-46?. The number of nitriles is 2. The molecule has 406 valence electrons. The molecule has 19 nitrogen and oxygen atoms in total. The molecule has 2 aliphatic heterocycles. The van der Waals surface area contributed by atoms with Gasteiger partial charge in [-0.15, -0.1) is 45.3 Å². The fourth-order valence-corrected chi connectivity index (χ4v) is 13.6. The highest BCUT2D eigenvalue weighted by Gasteiger charge is 2.60. The summed E-state index contributed by atoms with van der Waals surface area (Å²) in [6.07, 6.45) is -2.12. The van der Waals surface area contributed by atoms with Gasteiger partial charge in [-0.2, -0.15) is 15.4 Å². The first kappa shape index (κ1) is 55.3. The SMILES string of the molecule is CC1=C(C#N)C(=O)N(C(=O)OCc2ccccc2)C(=O)C1=Nc1cc2sc3c(c2s1)OC(C(=O)OCc1ccccc1)(C(=O)OCc1ccccc1)c1c-3sc2cc(N=C(C=O)/C(C)=C(/C#N)C(=O)NC(=O)OCc3ccccc3)sc12. The monoisotopic (exact) mass is 1170 g/mol. The molecule has 5 amide bonds. The van der Waals surface area contributed by atoms with Crippen LogP contribution in [0, 0.1) is 22.7 Å². The normalized spacial score (nSPS) is 14.4. The van der Waals surface area contributed by atoms with Gasteiger partial charge in [-0.1, -0.05) is 121 Å². The van der Waals surface area contributed by atoms with Gasteiger partial charge in [-0.25, -0.2) is 29.2 Å². The number of carbonyl (C=O) groups is 8. The number of nitrogens with zero attached hydrogens (tertiary/aromatic N) is 5. The molecule has 1 N–H and O–H groups in total. The summed E-state index contributed by atoms with van der Waals surface area (Å²) in [5, 5.41) is 22.4. The Balaban J connectivity index is 1.06. The van der Waals surface area contributed by atoms with E-state index in [-0.39, 0.29) is 69.5 Å². The largest absolute Gasteiger partial charge is 0.457 e. The van der Waals surface area contributed by atoms with E-state index >= 15 is 9.59 Å². The van der Waals surface area contributed by atoms with Gasteiger partial charge >= 0.3 is 29.7 Å². The zero-order valence-corrected chi connectivity index (χ0v) is 46.0. The molecule has 4 aromatic heterocycles. The second kappa shape index (κ2) is 23.7. The van der Waals surface area contributed by atoms with Crippen LogP contribution in [-0.4, -0.2) is 64.5 Å². The Hall–Kier alpha value is -10.0. The van der Waals surface area contributed by atoms with E-state index in [2.05, 4.69) is 9.98 Å². The molecule has 8 aromatic rings. The van der Waals surface area contributed by atoms with Gasteiger partial charge < -0.3 is 23.7 Å². The minimum atomic E-state index is -2.70. The molecular formula is C59H38N6O13S4. The van der Waals surface area contributed by atoms with Crippen LogP contribution in [0.15, 0.2) is 166 Å². The van der Waals surface area contributed by atoms with Gasteiger partial charge in [0.2, 0.25) is 0 Å². The second-order valence-corrected chi connectivity index (χ2v) is 22.0. The van der Waals surface area contributed by atoms with Gasteiger partial charge in [-0.05, 0) is 48.2 Å². The summed E-state index contributed by atoms with van der Waals surface area (Å²) in [5.41, 5.74) is -2.41. The Labute approximate surface area is 480 Å². The fraction of sp³-hybridized carbons (Fsp3) is 0.119. The quantitative estimate of drug-likeness (QED) is 0.0146. The number of imide groups is 4. The molecule has 0 spiro atoms. The van der Waals surface area contributed by atoms with E-state index in [9.17, 15) is 39.3 Å². The van der Waals surface area contributed by atoms with Crippen LogP contribution in [0.1, 0.15) is 41.7 Å². The summed E-state index contributed by atoms with van der Waals surface area (Å²) in [6, 6.07) is 41.4. The van der Waals surface area contributed by atoms with Gasteiger partial charge in [0.1, 0.15) is 71.1 Å². The van der Waals surface area contributed by atoms with Gasteiger partial charge in [0.15, 0.2) is 12.0 Å². The summed E-state index contributed by atoms with van der Waals surface area (Å²) in [6.45, 7) is 1.62. The van der Waals surface area contributed by atoms with Crippen LogP contribution in [0.3, 0.4) is 0 Å². The summed E-state index contributed by atoms with van der Waals surface area (Å²) in [5.74, 6) is -5.72. The van der Waals surface area contributed by atoms with Crippen LogP contribution in [0.2, 0.25) is 0 Å². The molecule has 6 heterocycles. The summed E-state index contributed by atoms with van der Waals surface area (Å²) in [7, 11) is 0. The Morgan fingerprint density at radius 3 is 1.71 bits per heavy atom. The average molecular weight is 1170 g/mol. The van der Waals surface area contributed by atoms with Crippen LogP contribution in [0.4, 0.5) is 19.6 Å². The predicted molar refractivity (Wildman–Crippen MR) is 303 cm³/mol. The predicted octanol–water partition coefficient (Wildman–Crippen LogP) is 11.2. The van der Waals surface area contributed by atoms with Gasteiger partial charge in [-0.3, -0.25) is 24.5 Å². The number of aliphatic imine (C=N–C) groups is 2. The number of ether oxygens (including phenoxy) is 5. The highest BCUT2D eigenvalue weighted by atomic mass is 32.1. The molecule has 0 radical (unpaired) electrons. The van der Waals surface area contributed by atoms with Crippen molar-refractivity contribution in [3.8, 4) is 27.6 Å². The fourth-order valence-electron chi connectivity index (χ4n) is 8.53. The van der Waals surface area contributed by atoms with Crippen LogP contribution in [0.25, 0.3) is 28.6 Å². The molecule has 2 aliphatic rings. The number of esters is 2. The molecule has 82 heavy (non-hydrogen) atoms. The van der Waals surface area contributed by atoms with E-state index in [0.29, 0.717) is 57.1 Å². The maximum atomic E-state index is 15.3. The Morgan fingerprint density at radius 2 is 1.17 bits per heavy atom. The van der Waals surface area contributed by atoms with Crippen LogP contribution >= 0.6 is 45.3 Å². The van der Waals surface area contributed by atoms with Crippen molar-refractivity contribution >= 4 is 134 Å². The number of thiophene rings is 4. The minimum absolute atomic E-state index is 0.0458. The number of rotatable bonds is 15. The summed E-state index contributed by atoms with van der Waals surface area (Å²) >= 11 is 4.31. The van der Waals surface area contributed by atoms with Crippen molar-refractivity contribution in [1.82, 2.24) is 10.2 Å². The number of alkyl carbamates (subject to hydrolysis) is 1. The number of nitrogens with one attached hydrogen (secondary N) is 1. The van der Waals surface area contributed by atoms with E-state index < -0.39 is 64.3 Å². The Morgan fingerprint density at radius 1 is 0.671 bits per heavy atom. The van der Waals surface area contributed by atoms with Crippen molar-refractivity contribution in [2.24, 2.45) is 9.98 Å². The molecule has 0 unspecified atom stereocenters. The number of hydrogen-bond donors (Lipinski definition) is 1. The van der Waals surface area contributed by atoms with E-state index in [1.807, 2.05) is 5.32 Å². The number of benzene rings is 4. The lowest BCUT2D eigenvalue weighted by molar-refractivity contribution is -0.183. The first-order chi connectivity index (χ1) is 39.7. The van der Waals surface area contributed by atoms with E-state index in [1.165, 1.54) is 25.2 Å². The van der Waals surface area contributed by atoms with Crippen LogP contribution in [0.5, 0.6) is 5.75 Å². The summed E-state index contributed by atoms with van der Waals surface area (Å²) < 4.78 is 31.0. The number of amides is 5. The van der Waals surface area contributed by atoms with Gasteiger partial charge in [0.05, 0.1) is 29.4 Å². The van der Waals surface area contributed by atoms with Crippen molar-refractivity contribution in [3.63, 3.8) is 0 Å². The molecule has 0 bridgehead atoms. The highest BCUT2D eigenvalue weighted by Crippen LogP contribution is 2.61. The first-order valence-electron chi connectivity index (χ1n) is 24.4. The average Bonchev–Trinajstić information content (AvgIpc) is 2.34. The molecule has 10 rings (SSSR count). The van der Waals surface area contributed by atoms with Crippen molar-refractivity contribution < 1.29 is 62.0 Å². The number of aldehydes is 1. The number of fused-ring (bicyclic) bond motifs is 7. The molecule has 4 aromatic carbocycles. The lowest BCUT2D eigenvalue weighted by Gasteiger charge is -2.33. The number of hydrogen-bond acceptors (Lipinski definition) is 21. The molecule has 0 saturated carbocycles. The third-order valence-corrected chi connectivity index (χ3v) is 17.4. The Bertz CT molecular complexity index is 4110. The highest BCUT2D eigenvalue weighted by molar-refractivity contribution is 7.36. The minimum Gasteiger partial charge on any atom is -0.457 e. The third kappa shape index (κ3) is 10.9. The van der Waals surface area contributed by atoms with Crippen molar-refractivity contribution in [2.45, 2.75) is 45.9 Å². The second-order valence-electron chi connectivity index (χ2n) is 17.8. The smallest absolute Gasteiger partial charge is 0.424 e. The molecule has 23 heteroatoms. The molecule has 0 atom stereocenters. The molecular weight excluding hydrogens is 1130 g/mol. The lowest BCUT2D eigenvalue weighted by Crippen LogP contribution is -2.52. The molecule has 0 aliphatic carbocycles. The number of allylic oxidation sites excluding steroid dienone is 1. The molecule has 0 saturated heterocycles. The Kier molecular flexibility index (Phi) is 16.0. The van der Waals surface area contributed by atoms with Crippen molar-refractivity contribution in [2.75, 3.05) is 0 Å². The van der Waals surface area contributed by atoms with E-state index in [4.69, 9.17) is 23.7 Å². The topological polar surface area (TPSA) is 270 Å².